The molecule has 0 spiro atoms. The molecule has 0 amide bonds. The van der Waals surface area contributed by atoms with Crippen LogP contribution >= 0.6 is 0 Å². The molecule has 2 fully saturated rings. The van der Waals surface area contributed by atoms with Gasteiger partial charge in [-0.25, -0.2) is 0 Å². The molecule has 7 heteroatoms. The minimum atomic E-state index is -0.00813. The number of phenolic OH excluding ortho intramolecular Hbond substituents is 1. The number of nitrogens with one attached hydrogen (secondary N) is 3. The molecular formula is C28H39N5O2. The topological polar surface area (TPSA) is 105 Å². The maximum Gasteiger partial charge on any atom is 0.127 e. The van der Waals surface area contributed by atoms with Gasteiger partial charge in [0.05, 0.1) is 11.2 Å². The van der Waals surface area contributed by atoms with Crippen LogP contribution in [0.3, 0.4) is 0 Å². The largest absolute Gasteiger partial charge is 0.507 e. The van der Waals surface area contributed by atoms with Gasteiger partial charge in [-0.15, -0.1) is 0 Å². The second kappa shape index (κ2) is 9.70. The van der Waals surface area contributed by atoms with Crippen molar-refractivity contribution in [2.45, 2.75) is 76.4 Å². The summed E-state index contributed by atoms with van der Waals surface area (Å²) in [5, 5.41) is 32.4. The van der Waals surface area contributed by atoms with Crippen LogP contribution in [-0.4, -0.2) is 63.9 Å². The zero-order chi connectivity index (χ0) is 25.4. The fourth-order valence-corrected chi connectivity index (χ4v) is 5.76. The molecule has 2 saturated heterocycles. The molecule has 0 atom stereocenters. The van der Waals surface area contributed by atoms with Crippen molar-refractivity contribution in [1.29, 1.82) is 10.8 Å². The molecule has 1 aromatic heterocycles. The maximum absolute atomic E-state index is 10.6. The molecule has 4 rings (SSSR count). The summed E-state index contributed by atoms with van der Waals surface area (Å²) >= 11 is 0. The number of benzene rings is 1. The Morgan fingerprint density at radius 2 is 1.74 bits per heavy atom. The van der Waals surface area contributed by atoms with Crippen LogP contribution in [-0.2, 0) is 4.74 Å². The van der Waals surface area contributed by atoms with Gasteiger partial charge in [-0.1, -0.05) is 0 Å². The molecule has 0 aliphatic carbocycles. The summed E-state index contributed by atoms with van der Waals surface area (Å²) in [5.74, 6) is 0.815. The number of fused-ring (bicyclic) bond motifs is 1. The lowest BCUT2D eigenvalue weighted by molar-refractivity contribution is 0.0853. The molecular weight excluding hydrogens is 438 g/mol. The molecule has 0 unspecified atom stereocenters. The highest BCUT2D eigenvalue weighted by Gasteiger charge is 2.39. The first-order chi connectivity index (χ1) is 16.4. The van der Waals surface area contributed by atoms with Crippen LogP contribution < -0.4 is 5.32 Å². The van der Waals surface area contributed by atoms with Crippen molar-refractivity contribution in [1.82, 2.24) is 15.2 Å². The Labute approximate surface area is 208 Å². The second-order valence-corrected chi connectivity index (χ2v) is 11.4. The van der Waals surface area contributed by atoms with Gasteiger partial charge in [0.2, 0.25) is 0 Å². The normalized spacial score (nSPS) is 20.8. The fraction of sp³-hybridized carbons (Fsp3) is 0.536. The first-order valence-corrected chi connectivity index (χ1v) is 12.5. The third-order valence-corrected chi connectivity index (χ3v) is 7.31. The average molecular weight is 478 g/mol. The third-order valence-electron chi connectivity index (χ3n) is 7.31. The number of ether oxygens (including phenoxy) is 1. The van der Waals surface area contributed by atoms with Crippen molar-refractivity contribution < 1.29 is 9.84 Å². The Morgan fingerprint density at radius 3 is 2.40 bits per heavy atom. The van der Waals surface area contributed by atoms with E-state index in [1.54, 1.807) is 18.2 Å². The average Bonchev–Trinajstić information content (AvgIpc) is 2.79. The molecule has 188 valence electrons. The quantitative estimate of drug-likeness (QED) is 0.359. The highest BCUT2D eigenvalue weighted by molar-refractivity contribution is 6.12. The number of piperidine rings is 1. The van der Waals surface area contributed by atoms with Gasteiger partial charge in [-0.3, -0.25) is 10.4 Å². The Hall–Kier alpha value is -2.77. The molecule has 0 bridgehead atoms. The summed E-state index contributed by atoms with van der Waals surface area (Å²) in [7, 11) is 1.95. The Kier molecular flexibility index (Phi) is 7.02. The van der Waals surface area contributed by atoms with E-state index in [-0.39, 0.29) is 28.6 Å². The highest BCUT2D eigenvalue weighted by atomic mass is 16.5. The molecule has 0 saturated carbocycles. The first kappa shape index (κ1) is 25.3. The smallest absolute Gasteiger partial charge is 0.127 e. The van der Waals surface area contributed by atoms with Crippen molar-refractivity contribution in [3.8, 4) is 5.75 Å². The predicted molar refractivity (Wildman–Crippen MR) is 142 cm³/mol. The number of pyridine rings is 1. The summed E-state index contributed by atoms with van der Waals surface area (Å²) < 4.78 is 5.48. The first-order valence-electron chi connectivity index (χ1n) is 12.5. The number of phenols is 1. The number of hydrogen-bond donors (Lipinski definition) is 4. The zero-order valence-corrected chi connectivity index (χ0v) is 21.6. The van der Waals surface area contributed by atoms with Crippen LogP contribution in [0.1, 0.15) is 70.4 Å². The summed E-state index contributed by atoms with van der Waals surface area (Å²) in [6.07, 6.45) is 9.00. The van der Waals surface area contributed by atoms with Crippen LogP contribution in [0, 0.1) is 10.8 Å². The number of aromatic hydroxyl groups is 1. The highest BCUT2D eigenvalue weighted by Crippen LogP contribution is 2.32. The van der Waals surface area contributed by atoms with Crippen molar-refractivity contribution in [3.05, 3.63) is 47.7 Å². The van der Waals surface area contributed by atoms with Crippen LogP contribution in [0.5, 0.6) is 5.75 Å². The zero-order valence-electron chi connectivity index (χ0n) is 21.6. The third kappa shape index (κ3) is 5.90. The molecule has 35 heavy (non-hydrogen) atoms. The van der Waals surface area contributed by atoms with E-state index in [0.717, 1.165) is 44.3 Å². The lowest BCUT2D eigenvalue weighted by Gasteiger charge is -2.49. The van der Waals surface area contributed by atoms with E-state index in [2.05, 4.69) is 44.1 Å². The summed E-state index contributed by atoms with van der Waals surface area (Å²) in [6, 6.07) is 5.81. The Morgan fingerprint density at radius 1 is 1.09 bits per heavy atom. The SMILES string of the molecule is CN(C(=N)/C=C\C(=N)c1cc2cc(C3CCOCC3)cnc2cc1O)C1CC(C)(C)NC(C)(C)C1. The summed E-state index contributed by atoms with van der Waals surface area (Å²) in [6.45, 7) is 10.4. The molecule has 7 nitrogen and oxygen atoms in total. The number of allylic oxidation sites excluding steroid dienone is 1. The lowest BCUT2D eigenvalue weighted by atomic mass is 9.79. The van der Waals surface area contributed by atoms with Crippen LogP contribution in [0.15, 0.2) is 36.5 Å². The molecule has 2 aliphatic rings. The summed E-state index contributed by atoms with van der Waals surface area (Å²) in [5.41, 5.74) is 2.49. The molecule has 0 radical (unpaired) electrons. The minimum Gasteiger partial charge on any atom is -0.507 e. The number of amidine groups is 1. The molecule has 1 aromatic carbocycles. The number of aromatic nitrogens is 1. The Bertz CT molecular complexity index is 1130. The van der Waals surface area contributed by atoms with Crippen LogP contribution in [0.2, 0.25) is 0 Å². The predicted octanol–water partition coefficient (Wildman–Crippen LogP) is 4.98. The van der Waals surface area contributed by atoms with Crippen molar-refractivity contribution in [2.24, 2.45) is 0 Å². The van der Waals surface area contributed by atoms with Gasteiger partial charge in [0.1, 0.15) is 11.6 Å². The standard InChI is InChI=1S/C28H39N5O2/c1-27(2)15-21(16-28(3,4)32-27)33(5)26(30)7-6-23(29)22-13-19-12-20(18-8-10-35-11-9-18)17-31-24(19)14-25(22)34/h6-7,12-14,17-18,21,29-30,32,34H,8-11,15-16H2,1-5H3/b7-6-,29-23?,30-26?. The van der Waals surface area contributed by atoms with E-state index in [0.29, 0.717) is 22.8 Å². The number of likely N-dealkylation sites (N-methyl/N-ethyl adjacent to an activating group) is 1. The van der Waals surface area contributed by atoms with E-state index >= 15 is 0 Å². The minimum absolute atomic E-state index is 0.00813. The van der Waals surface area contributed by atoms with Gasteiger partial charge in [-0.2, -0.15) is 0 Å². The van der Waals surface area contributed by atoms with Crippen LogP contribution in [0.4, 0.5) is 0 Å². The second-order valence-electron chi connectivity index (χ2n) is 11.4. The van der Waals surface area contributed by atoms with E-state index in [1.807, 2.05) is 24.2 Å². The molecule has 3 heterocycles. The fourth-order valence-electron chi connectivity index (χ4n) is 5.76. The Balaban J connectivity index is 1.50. The molecule has 2 aliphatic heterocycles. The van der Waals surface area contributed by atoms with E-state index in [9.17, 15) is 5.11 Å². The van der Waals surface area contributed by atoms with Crippen molar-refractivity contribution in [3.63, 3.8) is 0 Å². The maximum atomic E-state index is 10.6. The van der Waals surface area contributed by atoms with Gasteiger partial charge in [0.15, 0.2) is 0 Å². The van der Waals surface area contributed by atoms with Gasteiger partial charge in [-0.05, 0) is 89.1 Å². The molecule has 2 aromatic rings. The van der Waals surface area contributed by atoms with Crippen molar-refractivity contribution >= 4 is 22.5 Å². The van der Waals surface area contributed by atoms with Gasteiger partial charge in [0, 0.05) is 60.6 Å². The lowest BCUT2D eigenvalue weighted by Crippen LogP contribution is -2.62. The van der Waals surface area contributed by atoms with Crippen molar-refractivity contribution in [2.75, 3.05) is 20.3 Å². The van der Waals surface area contributed by atoms with Gasteiger partial charge in [0.25, 0.3) is 0 Å². The number of rotatable bonds is 5. The van der Waals surface area contributed by atoms with E-state index < -0.39 is 0 Å². The van der Waals surface area contributed by atoms with E-state index in [1.165, 1.54) is 5.56 Å². The number of hydrogen-bond acceptors (Lipinski definition) is 6. The van der Waals surface area contributed by atoms with Crippen LogP contribution in [0.25, 0.3) is 10.9 Å². The van der Waals surface area contributed by atoms with E-state index in [4.69, 9.17) is 15.6 Å². The van der Waals surface area contributed by atoms with Gasteiger partial charge >= 0.3 is 0 Å². The van der Waals surface area contributed by atoms with Gasteiger partial charge < -0.3 is 25.5 Å². The summed E-state index contributed by atoms with van der Waals surface area (Å²) in [4.78, 5) is 6.55. The molecule has 4 N–H and O–H groups in total. The number of nitrogens with zero attached hydrogens (tertiary/aromatic N) is 2. The monoisotopic (exact) mass is 477 g/mol.